The Balaban J connectivity index is 3.04. The number of hydrogen-bond donors (Lipinski definition) is 1. The minimum atomic E-state index is -4.51. The molecule has 0 fully saturated rings. The third-order valence-corrected chi connectivity index (χ3v) is 3.25. The molecule has 0 spiro atoms. The average molecular weight is 245 g/mol. The molecule has 1 atom stereocenters. The fraction of sp³-hybridized carbons (Fsp3) is 0.500. The van der Waals surface area contributed by atoms with Crippen molar-refractivity contribution in [2.45, 2.75) is 25.1 Å². The number of alkyl halides is 5. The quantitative estimate of drug-likeness (QED) is 0.795. The zero-order valence-corrected chi connectivity index (χ0v) is 8.42. The Morgan fingerprint density at radius 2 is 1.67 bits per heavy atom. The Labute approximate surface area is 86.7 Å². The molecule has 0 aromatic carbocycles. The van der Waals surface area contributed by atoms with Gasteiger partial charge in [-0.2, -0.15) is 13.2 Å². The van der Waals surface area contributed by atoms with Crippen LogP contribution < -0.4 is 5.73 Å². The van der Waals surface area contributed by atoms with E-state index in [2.05, 4.69) is 0 Å². The molecule has 0 saturated carbocycles. The predicted octanol–water partition coefficient (Wildman–Crippen LogP) is 3.21. The Bertz CT molecular complexity index is 341. The van der Waals surface area contributed by atoms with Crippen LogP contribution in [0.15, 0.2) is 12.1 Å². The van der Waals surface area contributed by atoms with Crippen LogP contribution >= 0.6 is 11.3 Å². The van der Waals surface area contributed by atoms with Crippen molar-refractivity contribution in [1.29, 1.82) is 0 Å². The Morgan fingerprint density at radius 3 is 2.00 bits per heavy atom. The van der Waals surface area contributed by atoms with E-state index < -0.39 is 23.0 Å². The van der Waals surface area contributed by atoms with E-state index in [0.29, 0.717) is 0 Å². The van der Waals surface area contributed by atoms with Gasteiger partial charge in [-0.25, -0.2) is 8.78 Å². The zero-order valence-electron chi connectivity index (χ0n) is 7.61. The van der Waals surface area contributed by atoms with Crippen molar-refractivity contribution >= 4 is 11.3 Å². The maximum Gasteiger partial charge on any atom is 0.425 e. The van der Waals surface area contributed by atoms with Gasteiger partial charge in [0.05, 0.1) is 0 Å². The summed E-state index contributed by atoms with van der Waals surface area (Å²) in [7, 11) is 0. The van der Waals surface area contributed by atoms with E-state index in [4.69, 9.17) is 5.73 Å². The SMILES string of the molecule is CC(N)(c1ccc(C(F)(F)F)s1)C(F)F. The standard InChI is InChI=1S/C8H8F5NS/c1-7(14,6(9)10)4-2-3-5(15-4)8(11,12)13/h2-3,6H,14H2,1H3. The molecule has 0 radical (unpaired) electrons. The van der Waals surface area contributed by atoms with E-state index >= 15 is 0 Å². The second-order valence-electron chi connectivity index (χ2n) is 3.25. The topological polar surface area (TPSA) is 26.0 Å². The van der Waals surface area contributed by atoms with Crippen LogP contribution in [0.25, 0.3) is 0 Å². The Morgan fingerprint density at radius 1 is 1.20 bits per heavy atom. The number of halogens is 5. The molecule has 1 nitrogen and oxygen atoms in total. The number of nitrogens with two attached hydrogens (primary N) is 1. The summed E-state index contributed by atoms with van der Waals surface area (Å²) in [6.45, 7) is 1.00. The van der Waals surface area contributed by atoms with Crippen LogP contribution in [0.4, 0.5) is 22.0 Å². The highest BCUT2D eigenvalue weighted by Gasteiger charge is 2.38. The van der Waals surface area contributed by atoms with Crippen LogP contribution in [0.3, 0.4) is 0 Å². The summed E-state index contributed by atoms with van der Waals surface area (Å²) in [5.41, 5.74) is 3.20. The van der Waals surface area contributed by atoms with Crippen molar-refractivity contribution in [3.05, 3.63) is 21.9 Å². The molecule has 7 heteroatoms. The van der Waals surface area contributed by atoms with Crippen LogP contribution in [0.5, 0.6) is 0 Å². The largest absolute Gasteiger partial charge is 0.425 e. The van der Waals surface area contributed by atoms with Gasteiger partial charge in [-0.3, -0.25) is 0 Å². The molecule has 2 N–H and O–H groups in total. The fourth-order valence-corrected chi connectivity index (χ4v) is 1.82. The van der Waals surface area contributed by atoms with Crippen LogP contribution in [-0.2, 0) is 11.7 Å². The first-order valence-corrected chi connectivity index (χ1v) is 4.72. The molecule has 1 heterocycles. The molecule has 86 valence electrons. The second-order valence-corrected chi connectivity index (χ2v) is 4.33. The van der Waals surface area contributed by atoms with Crippen LogP contribution in [-0.4, -0.2) is 6.43 Å². The molecule has 0 amide bonds. The summed E-state index contributed by atoms with van der Waals surface area (Å²) < 4.78 is 61.3. The molecule has 1 aromatic rings. The Hall–Kier alpha value is -0.690. The van der Waals surface area contributed by atoms with Gasteiger partial charge in [0.25, 0.3) is 6.43 Å². The van der Waals surface area contributed by atoms with Crippen molar-refractivity contribution < 1.29 is 22.0 Å². The molecule has 0 aliphatic carbocycles. The molecule has 0 saturated heterocycles. The summed E-state index contributed by atoms with van der Waals surface area (Å²) >= 11 is 0.245. The fourth-order valence-electron chi connectivity index (χ4n) is 0.887. The first kappa shape index (κ1) is 12.4. The van der Waals surface area contributed by atoms with Gasteiger partial charge >= 0.3 is 6.18 Å². The zero-order chi connectivity index (χ0) is 11.9. The van der Waals surface area contributed by atoms with E-state index in [1.807, 2.05) is 0 Å². The highest BCUT2D eigenvalue weighted by molar-refractivity contribution is 7.12. The first-order chi connectivity index (χ1) is 6.65. The third-order valence-electron chi connectivity index (χ3n) is 1.87. The van der Waals surface area contributed by atoms with Crippen LogP contribution in [0, 0.1) is 0 Å². The van der Waals surface area contributed by atoms with Gasteiger partial charge in [-0.05, 0) is 19.1 Å². The number of rotatable bonds is 2. The molecule has 1 rings (SSSR count). The minimum absolute atomic E-state index is 0.176. The van der Waals surface area contributed by atoms with Crippen molar-refractivity contribution in [2.24, 2.45) is 5.73 Å². The van der Waals surface area contributed by atoms with Crippen molar-refractivity contribution in [2.75, 3.05) is 0 Å². The van der Waals surface area contributed by atoms with Crippen molar-refractivity contribution in [3.8, 4) is 0 Å². The van der Waals surface area contributed by atoms with Crippen LogP contribution in [0.2, 0.25) is 0 Å². The number of thiophene rings is 1. The van der Waals surface area contributed by atoms with E-state index in [9.17, 15) is 22.0 Å². The first-order valence-electron chi connectivity index (χ1n) is 3.90. The van der Waals surface area contributed by atoms with Gasteiger partial charge in [0, 0.05) is 4.88 Å². The lowest BCUT2D eigenvalue weighted by Crippen LogP contribution is -2.39. The van der Waals surface area contributed by atoms with Gasteiger partial charge in [-0.15, -0.1) is 11.3 Å². The van der Waals surface area contributed by atoms with Crippen molar-refractivity contribution in [3.63, 3.8) is 0 Å². The van der Waals surface area contributed by atoms with Crippen LogP contribution in [0.1, 0.15) is 16.7 Å². The molecule has 1 unspecified atom stereocenters. The van der Waals surface area contributed by atoms with Gasteiger partial charge in [0.15, 0.2) is 0 Å². The van der Waals surface area contributed by atoms with E-state index in [1.165, 1.54) is 0 Å². The lowest BCUT2D eigenvalue weighted by molar-refractivity contribution is -0.134. The summed E-state index contributed by atoms with van der Waals surface area (Å²) in [5.74, 6) is 0. The van der Waals surface area contributed by atoms with E-state index in [1.54, 1.807) is 0 Å². The molecule has 15 heavy (non-hydrogen) atoms. The molecule has 0 aliphatic rings. The summed E-state index contributed by atoms with van der Waals surface area (Å²) in [6.07, 6.45) is -7.42. The van der Waals surface area contributed by atoms with Gasteiger partial charge in [-0.1, -0.05) is 0 Å². The summed E-state index contributed by atoms with van der Waals surface area (Å²) in [5, 5.41) is 0. The normalized spacial score (nSPS) is 16.8. The Kier molecular flexibility index (Phi) is 3.06. The van der Waals surface area contributed by atoms with Crippen molar-refractivity contribution in [1.82, 2.24) is 0 Å². The van der Waals surface area contributed by atoms with Gasteiger partial charge < -0.3 is 5.73 Å². The monoisotopic (exact) mass is 245 g/mol. The lowest BCUT2D eigenvalue weighted by atomic mass is 10.0. The summed E-state index contributed by atoms with van der Waals surface area (Å²) in [4.78, 5) is -1.10. The predicted molar refractivity (Wildman–Crippen MR) is 46.9 cm³/mol. The van der Waals surface area contributed by atoms with Gasteiger partial charge in [0.2, 0.25) is 0 Å². The highest BCUT2D eigenvalue weighted by Crippen LogP contribution is 2.38. The summed E-state index contributed by atoms with van der Waals surface area (Å²) in [6, 6.07) is 1.74. The molecular formula is C8H8F5NS. The third kappa shape index (κ3) is 2.46. The second kappa shape index (κ2) is 3.71. The van der Waals surface area contributed by atoms with E-state index in [-0.39, 0.29) is 16.2 Å². The average Bonchev–Trinajstić information content (AvgIpc) is 2.50. The smallest absolute Gasteiger partial charge is 0.316 e. The van der Waals surface area contributed by atoms with E-state index in [0.717, 1.165) is 19.1 Å². The molecule has 0 bridgehead atoms. The molecular weight excluding hydrogens is 237 g/mol. The maximum atomic E-state index is 12.4. The maximum absolute atomic E-state index is 12.4. The molecule has 0 aliphatic heterocycles. The lowest BCUT2D eigenvalue weighted by Gasteiger charge is -2.21. The highest BCUT2D eigenvalue weighted by atomic mass is 32.1. The molecule has 1 aromatic heterocycles. The van der Waals surface area contributed by atoms with Gasteiger partial charge in [0.1, 0.15) is 10.4 Å². The minimum Gasteiger partial charge on any atom is -0.316 e. The number of hydrogen-bond acceptors (Lipinski definition) is 2.